The van der Waals surface area contributed by atoms with Gasteiger partial charge >= 0.3 is 0 Å². The van der Waals surface area contributed by atoms with Gasteiger partial charge in [0.25, 0.3) is 5.91 Å². The number of carbonyl (C=O) groups excluding carboxylic acids is 1. The monoisotopic (exact) mass is 464 g/mol. The van der Waals surface area contributed by atoms with E-state index in [9.17, 15) is 4.79 Å². The number of carbonyl (C=O) groups is 1. The van der Waals surface area contributed by atoms with Gasteiger partial charge in [-0.1, -0.05) is 31.9 Å². The largest absolute Gasteiger partial charge is 0.322 e. The number of rotatable bonds is 4. The molecule has 1 amide bonds. The average molecular weight is 465 g/mol. The summed E-state index contributed by atoms with van der Waals surface area (Å²) in [6, 6.07) is 18.2. The molecule has 1 fully saturated rings. The van der Waals surface area contributed by atoms with Gasteiger partial charge in [0, 0.05) is 41.0 Å². The van der Waals surface area contributed by atoms with E-state index in [1.54, 1.807) is 36.5 Å². The minimum absolute atomic E-state index is 0.197. The molecule has 0 atom stereocenters. The Hall–Kier alpha value is -3.01. The van der Waals surface area contributed by atoms with Crippen LogP contribution in [-0.4, -0.2) is 23.2 Å². The Morgan fingerprint density at radius 1 is 1.19 bits per heavy atom. The number of hydrogen-bond acceptors (Lipinski definition) is 5. The molecule has 7 heteroatoms. The van der Waals surface area contributed by atoms with Crippen LogP contribution in [0.1, 0.15) is 42.6 Å². The summed E-state index contributed by atoms with van der Waals surface area (Å²) in [5, 5.41) is 12.5. The maximum absolute atomic E-state index is 12.7. The second-order valence-electron chi connectivity index (χ2n) is 7.23. The molecule has 2 heterocycles. The van der Waals surface area contributed by atoms with Gasteiger partial charge in [-0.15, -0.1) is 0 Å². The first-order valence-electron chi connectivity index (χ1n) is 10.5. The Morgan fingerprint density at radius 2 is 1.94 bits per heavy atom. The van der Waals surface area contributed by atoms with E-state index in [0.717, 1.165) is 18.0 Å². The Kier molecular flexibility index (Phi) is 8.55. The fourth-order valence-corrected chi connectivity index (χ4v) is 4.30. The normalized spacial score (nSPS) is 12.5. The Bertz CT molecular complexity index is 1110. The van der Waals surface area contributed by atoms with Gasteiger partial charge in [0.05, 0.1) is 22.3 Å². The second kappa shape index (κ2) is 11.6. The van der Waals surface area contributed by atoms with Gasteiger partial charge < -0.3 is 9.62 Å². The Labute approximate surface area is 198 Å². The smallest absolute Gasteiger partial charge is 0.255 e. The number of nitrogens with zero attached hydrogens (tertiary/aromatic N) is 3. The number of amides is 1. The van der Waals surface area contributed by atoms with Crippen molar-refractivity contribution in [2.24, 2.45) is 0 Å². The van der Waals surface area contributed by atoms with Crippen LogP contribution < -0.4 is 9.62 Å². The Morgan fingerprint density at radius 3 is 2.59 bits per heavy atom. The van der Waals surface area contributed by atoms with Crippen LogP contribution in [0.4, 0.5) is 11.4 Å². The minimum Gasteiger partial charge on any atom is -0.322 e. The van der Waals surface area contributed by atoms with Crippen molar-refractivity contribution in [3.05, 3.63) is 76.9 Å². The molecule has 4 rings (SSSR count). The number of nitrogens with one attached hydrogen (secondary N) is 1. The standard InChI is InChI=1S/C22H17ClN4OS.C3H8/c23-20-7-4-17(13-19(20)21-12-15(14-24)8-9-25-21)26-22(28)16-2-5-18(6-3-16)27-10-1-11-29-27;1-3-2/h2-9,12-13H,1,10-11H2,(H,26,28);3H2,1-2H3. The third-order valence-electron chi connectivity index (χ3n) is 4.56. The van der Waals surface area contributed by atoms with Crippen molar-refractivity contribution in [3.8, 4) is 17.3 Å². The zero-order chi connectivity index (χ0) is 22.9. The molecule has 0 bridgehead atoms. The molecule has 1 aliphatic rings. The molecular formula is C25H25ClN4OS. The topological polar surface area (TPSA) is 69.0 Å². The molecule has 0 saturated carbocycles. The molecular weight excluding hydrogens is 440 g/mol. The molecule has 3 aromatic rings. The molecule has 1 saturated heterocycles. The summed E-state index contributed by atoms with van der Waals surface area (Å²) >= 11 is 8.13. The molecule has 32 heavy (non-hydrogen) atoms. The summed E-state index contributed by atoms with van der Waals surface area (Å²) < 4.78 is 2.25. The van der Waals surface area contributed by atoms with Gasteiger partial charge in [-0.25, -0.2) is 0 Å². The summed E-state index contributed by atoms with van der Waals surface area (Å²) in [4.78, 5) is 16.9. The lowest BCUT2D eigenvalue weighted by Gasteiger charge is -2.16. The van der Waals surface area contributed by atoms with E-state index in [1.807, 2.05) is 36.2 Å². The lowest BCUT2D eigenvalue weighted by molar-refractivity contribution is 0.102. The highest BCUT2D eigenvalue weighted by Gasteiger charge is 2.15. The van der Waals surface area contributed by atoms with Crippen LogP contribution in [0.2, 0.25) is 5.02 Å². The van der Waals surface area contributed by atoms with Gasteiger partial charge in [0.2, 0.25) is 0 Å². The lowest BCUT2D eigenvalue weighted by atomic mass is 10.1. The number of hydrogen-bond donors (Lipinski definition) is 1. The van der Waals surface area contributed by atoms with Crippen molar-refractivity contribution >= 4 is 40.8 Å². The van der Waals surface area contributed by atoms with Gasteiger partial charge in [-0.2, -0.15) is 5.26 Å². The number of benzene rings is 2. The van der Waals surface area contributed by atoms with Crippen molar-refractivity contribution in [1.29, 1.82) is 5.26 Å². The van der Waals surface area contributed by atoms with Crippen molar-refractivity contribution in [1.82, 2.24) is 4.98 Å². The molecule has 0 aliphatic carbocycles. The second-order valence-corrected chi connectivity index (χ2v) is 8.75. The van der Waals surface area contributed by atoms with Crippen LogP contribution in [0.3, 0.4) is 0 Å². The van der Waals surface area contributed by atoms with Crippen LogP contribution in [0.25, 0.3) is 11.3 Å². The fraction of sp³-hybridized carbons (Fsp3) is 0.240. The zero-order valence-electron chi connectivity index (χ0n) is 18.1. The molecule has 1 aromatic heterocycles. The summed E-state index contributed by atoms with van der Waals surface area (Å²) in [6.07, 6.45) is 3.99. The number of halogens is 1. The van der Waals surface area contributed by atoms with E-state index in [4.69, 9.17) is 16.9 Å². The van der Waals surface area contributed by atoms with Crippen LogP contribution in [0, 0.1) is 11.3 Å². The van der Waals surface area contributed by atoms with Gasteiger partial charge in [-0.05, 0) is 73.0 Å². The highest BCUT2D eigenvalue weighted by Crippen LogP contribution is 2.31. The van der Waals surface area contributed by atoms with E-state index in [1.165, 1.54) is 12.8 Å². The average Bonchev–Trinajstić information content (AvgIpc) is 3.36. The molecule has 1 N–H and O–H groups in total. The molecule has 1 aliphatic heterocycles. The number of anilines is 2. The summed E-state index contributed by atoms with van der Waals surface area (Å²) in [6.45, 7) is 5.28. The van der Waals surface area contributed by atoms with Crippen LogP contribution in [0.5, 0.6) is 0 Å². The maximum Gasteiger partial charge on any atom is 0.255 e. The SMILES string of the molecule is CCC.N#Cc1ccnc(-c2cc(NC(=O)c3ccc(N4CCCS4)cc3)ccc2Cl)c1. The molecule has 5 nitrogen and oxygen atoms in total. The third-order valence-corrected chi connectivity index (χ3v) is 6.07. The van der Waals surface area contributed by atoms with Crippen molar-refractivity contribution < 1.29 is 4.79 Å². The van der Waals surface area contributed by atoms with Crippen molar-refractivity contribution in [3.63, 3.8) is 0 Å². The quantitative estimate of drug-likeness (QED) is 0.430. The lowest BCUT2D eigenvalue weighted by Crippen LogP contribution is -2.13. The van der Waals surface area contributed by atoms with E-state index in [2.05, 4.69) is 34.5 Å². The van der Waals surface area contributed by atoms with Crippen LogP contribution >= 0.6 is 23.5 Å². The fourth-order valence-electron chi connectivity index (χ4n) is 3.08. The van der Waals surface area contributed by atoms with Crippen LogP contribution in [-0.2, 0) is 0 Å². The molecule has 164 valence electrons. The predicted molar refractivity (Wildman–Crippen MR) is 134 cm³/mol. The van der Waals surface area contributed by atoms with Crippen LogP contribution in [0.15, 0.2) is 60.8 Å². The first-order chi connectivity index (χ1) is 15.5. The van der Waals surface area contributed by atoms with Crippen molar-refractivity contribution in [2.45, 2.75) is 26.7 Å². The molecule has 0 unspecified atom stereocenters. The molecule has 0 radical (unpaired) electrons. The first kappa shape index (κ1) is 23.6. The number of nitriles is 1. The zero-order valence-corrected chi connectivity index (χ0v) is 19.7. The first-order valence-corrected chi connectivity index (χ1v) is 11.9. The van der Waals surface area contributed by atoms with E-state index in [-0.39, 0.29) is 5.91 Å². The summed E-state index contributed by atoms with van der Waals surface area (Å²) in [7, 11) is 0. The van der Waals surface area contributed by atoms with E-state index >= 15 is 0 Å². The number of aromatic nitrogens is 1. The third kappa shape index (κ3) is 6.03. The van der Waals surface area contributed by atoms with E-state index in [0.29, 0.717) is 33.1 Å². The highest BCUT2D eigenvalue weighted by atomic mass is 35.5. The molecule has 2 aromatic carbocycles. The minimum atomic E-state index is -0.197. The molecule has 0 spiro atoms. The highest BCUT2D eigenvalue weighted by molar-refractivity contribution is 8.00. The summed E-state index contributed by atoms with van der Waals surface area (Å²) in [5.41, 5.74) is 4.04. The van der Waals surface area contributed by atoms with Gasteiger partial charge in [0.15, 0.2) is 0 Å². The number of pyridine rings is 1. The van der Waals surface area contributed by atoms with Gasteiger partial charge in [0.1, 0.15) is 0 Å². The maximum atomic E-state index is 12.7. The van der Waals surface area contributed by atoms with E-state index < -0.39 is 0 Å². The summed E-state index contributed by atoms with van der Waals surface area (Å²) in [5.74, 6) is 0.936. The van der Waals surface area contributed by atoms with Gasteiger partial charge in [-0.3, -0.25) is 9.78 Å². The predicted octanol–water partition coefficient (Wildman–Crippen LogP) is 6.80. The van der Waals surface area contributed by atoms with Crippen molar-refractivity contribution in [2.75, 3.05) is 21.9 Å². The Balaban J connectivity index is 0.000000913.